The molecule has 6 nitrogen and oxygen atoms in total. The van der Waals surface area contributed by atoms with Crippen LogP contribution in [0.4, 0.5) is 11.4 Å². The Hall–Kier alpha value is -2.02. The molecule has 22 heavy (non-hydrogen) atoms. The van der Waals surface area contributed by atoms with Gasteiger partial charge < -0.3 is 15.1 Å². The number of benzene rings is 1. The summed E-state index contributed by atoms with van der Waals surface area (Å²) in [5.74, 6) is 0.898. The van der Waals surface area contributed by atoms with Gasteiger partial charge in [0.15, 0.2) is 0 Å². The molecular formula is C15H17N3O3S. The topological polar surface area (TPSA) is 69.7 Å². The maximum Gasteiger partial charge on any atom is 0.244 e. The molecule has 1 aromatic rings. The normalized spacial score (nSPS) is 18.2. The third-order valence-corrected chi connectivity index (χ3v) is 4.62. The number of amides is 3. The molecule has 1 aromatic carbocycles. The zero-order valence-electron chi connectivity index (χ0n) is 12.1. The van der Waals surface area contributed by atoms with Gasteiger partial charge in [0.1, 0.15) is 6.54 Å². The fraction of sp³-hybridized carbons (Fsp3) is 0.400. The Labute approximate surface area is 132 Å². The van der Waals surface area contributed by atoms with Crippen molar-refractivity contribution in [1.82, 2.24) is 4.90 Å². The first kappa shape index (κ1) is 14.9. The van der Waals surface area contributed by atoms with Crippen LogP contribution in [0.15, 0.2) is 24.3 Å². The van der Waals surface area contributed by atoms with Crippen LogP contribution >= 0.6 is 11.8 Å². The largest absolute Gasteiger partial charge is 0.324 e. The number of thioether (sulfide) groups is 1. The van der Waals surface area contributed by atoms with Gasteiger partial charge in [0.2, 0.25) is 17.7 Å². The minimum absolute atomic E-state index is 0.00318. The Balaban J connectivity index is 1.63. The highest BCUT2D eigenvalue weighted by atomic mass is 32.2. The van der Waals surface area contributed by atoms with E-state index in [0.717, 1.165) is 18.7 Å². The van der Waals surface area contributed by atoms with E-state index in [9.17, 15) is 14.4 Å². The Bertz CT molecular complexity index is 620. The molecule has 0 saturated carbocycles. The molecule has 7 heteroatoms. The highest BCUT2D eigenvalue weighted by Crippen LogP contribution is 2.24. The third kappa shape index (κ3) is 3.24. The fourth-order valence-corrected chi connectivity index (χ4v) is 3.49. The maximum absolute atomic E-state index is 12.0. The Morgan fingerprint density at radius 3 is 2.82 bits per heavy atom. The molecule has 0 radical (unpaired) electrons. The molecule has 116 valence electrons. The van der Waals surface area contributed by atoms with Crippen LogP contribution in [-0.2, 0) is 14.4 Å². The molecule has 0 spiro atoms. The van der Waals surface area contributed by atoms with Gasteiger partial charge in [0, 0.05) is 24.3 Å². The molecule has 0 atom stereocenters. The molecule has 0 unspecified atom stereocenters. The second-order valence-corrected chi connectivity index (χ2v) is 6.27. The smallest absolute Gasteiger partial charge is 0.244 e. The van der Waals surface area contributed by atoms with Gasteiger partial charge in [-0.15, -0.1) is 11.8 Å². The van der Waals surface area contributed by atoms with Gasteiger partial charge in [0.05, 0.1) is 11.6 Å². The van der Waals surface area contributed by atoms with Gasteiger partial charge >= 0.3 is 0 Å². The molecule has 2 aliphatic heterocycles. The minimum atomic E-state index is -0.222. The first-order valence-electron chi connectivity index (χ1n) is 7.19. The lowest BCUT2D eigenvalue weighted by molar-refractivity contribution is -0.130. The van der Waals surface area contributed by atoms with Gasteiger partial charge in [0.25, 0.3) is 0 Å². The summed E-state index contributed by atoms with van der Waals surface area (Å²) in [7, 11) is 0. The Morgan fingerprint density at radius 2 is 2.14 bits per heavy atom. The van der Waals surface area contributed by atoms with Gasteiger partial charge in [-0.2, -0.15) is 0 Å². The van der Waals surface area contributed by atoms with Gasteiger partial charge in [-0.05, 0) is 24.6 Å². The molecule has 0 bridgehead atoms. The molecular weight excluding hydrogens is 302 g/mol. The summed E-state index contributed by atoms with van der Waals surface area (Å²) in [6.45, 7) is 0.786. The zero-order valence-corrected chi connectivity index (χ0v) is 12.9. The Kier molecular flexibility index (Phi) is 4.33. The van der Waals surface area contributed by atoms with Crippen molar-refractivity contribution < 1.29 is 14.4 Å². The van der Waals surface area contributed by atoms with Crippen molar-refractivity contribution in [1.29, 1.82) is 0 Å². The first-order valence-corrected chi connectivity index (χ1v) is 8.35. The van der Waals surface area contributed by atoms with E-state index in [-0.39, 0.29) is 24.3 Å². The van der Waals surface area contributed by atoms with E-state index in [2.05, 4.69) is 5.32 Å². The van der Waals surface area contributed by atoms with Crippen LogP contribution in [0.25, 0.3) is 0 Å². The van der Waals surface area contributed by atoms with Crippen LogP contribution in [0, 0.1) is 0 Å². The van der Waals surface area contributed by atoms with E-state index < -0.39 is 0 Å². The van der Waals surface area contributed by atoms with Crippen LogP contribution in [0.3, 0.4) is 0 Å². The molecule has 2 fully saturated rings. The fourth-order valence-electron chi connectivity index (χ4n) is 2.59. The average Bonchev–Trinajstić information content (AvgIpc) is 3.08. The predicted molar refractivity (Wildman–Crippen MR) is 85.7 cm³/mol. The Morgan fingerprint density at radius 1 is 1.27 bits per heavy atom. The van der Waals surface area contributed by atoms with E-state index in [1.54, 1.807) is 17.0 Å². The van der Waals surface area contributed by atoms with Crippen molar-refractivity contribution in [3.63, 3.8) is 0 Å². The zero-order chi connectivity index (χ0) is 15.5. The molecule has 3 amide bonds. The lowest BCUT2D eigenvalue weighted by Crippen LogP contribution is -2.34. The quantitative estimate of drug-likeness (QED) is 0.908. The van der Waals surface area contributed by atoms with Crippen molar-refractivity contribution in [3.05, 3.63) is 24.3 Å². The summed E-state index contributed by atoms with van der Waals surface area (Å²) < 4.78 is 0. The number of rotatable bonds is 4. The summed E-state index contributed by atoms with van der Waals surface area (Å²) in [6, 6.07) is 7.25. The van der Waals surface area contributed by atoms with Gasteiger partial charge in [-0.25, -0.2) is 0 Å². The lowest BCUT2D eigenvalue weighted by Gasteiger charge is -2.17. The van der Waals surface area contributed by atoms with Gasteiger partial charge in [-0.3, -0.25) is 14.4 Å². The minimum Gasteiger partial charge on any atom is -0.324 e. The molecule has 2 aliphatic rings. The molecule has 3 rings (SSSR count). The third-order valence-electron chi connectivity index (χ3n) is 3.67. The predicted octanol–water partition coefficient (Wildman–Crippen LogP) is 1.28. The highest BCUT2D eigenvalue weighted by molar-refractivity contribution is 8.00. The monoisotopic (exact) mass is 319 g/mol. The van der Waals surface area contributed by atoms with E-state index in [4.69, 9.17) is 0 Å². The number of nitrogens with zero attached hydrogens (tertiary/aromatic N) is 2. The number of hydrogen-bond donors (Lipinski definition) is 1. The molecule has 0 aliphatic carbocycles. The second kappa shape index (κ2) is 6.39. The maximum atomic E-state index is 12.0. The SMILES string of the molecule is O=C(CN1CSCC1=O)Nc1cccc(N2CCCC2=O)c1. The van der Waals surface area contributed by atoms with E-state index in [1.807, 2.05) is 12.1 Å². The molecule has 1 N–H and O–H groups in total. The van der Waals surface area contributed by atoms with Crippen molar-refractivity contribution in [2.45, 2.75) is 12.8 Å². The number of carbonyl (C=O) groups is 3. The van der Waals surface area contributed by atoms with Crippen LogP contribution in [0.5, 0.6) is 0 Å². The van der Waals surface area contributed by atoms with Crippen molar-refractivity contribution in [2.24, 2.45) is 0 Å². The lowest BCUT2D eigenvalue weighted by atomic mass is 10.2. The average molecular weight is 319 g/mol. The molecule has 2 heterocycles. The van der Waals surface area contributed by atoms with Crippen molar-refractivity contribution >= 4 is 40.9 Å². The first-order chi connectivity index (χ1) is 10.6. The van der Waals surface area contributed by atoms with Crippen LogP contribution in [0.1, 0.15) is 12.8 Å². The molecule has 0 aromatic heterocycles. The second-order valence-electron chi connectivity index (χ2n) is 5.32. The van der Waals surface area contributed by atoms with Crippen LogP contribution in [0.2, 0.25) is 0 Å². The van der Waals surface area contributed by atoms with E-state index in [0.29, 0.717) is 23.7 Å². The highest BCUT2D eigenvalue weighted by Gasteiger charge is 2.24. The number of carbonyl (C=O) groups excluding carboxylic acids is 3. The van der Waals surface area contributed by atoms with E-state index in [1.165, 1.54) is 16.7 Å². The summed E-state index contributed by atoms with van der Waals surface area (Å²) in [5, 5.41) is 2.79. The summed E-state index contributed by atoms with van der Waals surface area (Å²) >= 11 is 1.51. The number of hydrogen-bond acceptors (Lipinski definition) is 4. The van der Waals surface area contributed by atoms with Crippen molar-refractivity contribution in [3.8, 4) is 0 Å². The van der Waals surface area contributed by atoms with Crippen LogP contribution in [-0.4, -0.2) is 47.3 Å². The van der Waals surface area contributed by atoms with Crippen LogP contribution < -0.4 is 10.2 Å². The molecule has 2 saturated heterocycles. The van der Waals surface area contributed by atoms with Gasteiger partial charge in [-0.1, -0.05) is 6.07 Å². The summed E-state index contributed by atoms with van der Waals surface area (Å²) in [5.41, 5.74) is 1.44. The number of anilines is 2. The van der Waals surface area contributed by atoms with E-state index >= 15 is 0 Å². The summed E-state index contributed by atoms with van der Waals surface area (Å²) in [6.07, 6.45) is 1.44. The summed E-state index contributed by atoms with van der Waals surface area (Å²) in [4.78, 5) is 38.6. The standard InChI is InChI=1S/C15H17N3O3S/c19-13(8-17-10-22-9-15(17)21)16-11-3-1-4-12(7-11)18-6-2-5-14(18)20/h1,3-4,7H,2,5-6,8-10H2,(H,16,19). The van der Waals surface area contributed by atoms with Crippen molar-refractivity contribution in [2.75, 3.05) is 34.9 Å². The number of nitrogens with one attached hydrogen (secondary N) is 1.